The summed E-state index contributed by atoms with van der Waals surface area (Å²) < 4.78 is 51.1. The summed E-state index contributed by atoms with van der Waals surface area (Å²) in [5.74, 6) is 0.427. The van der Waals surface area contributed by atoms with Gasteiger partial charge in [0.05, 0.1) is 22.7 Å². The number of fused-ring (bicyclic) bond motifs is 1. The second-order valence-electron chi connectivity index (χ2n) is 8.39. The van der Waals surface area contributed by atoms with Crippen LogP contribution in [0.15, 0.2) is 47.6 Å². The number of hydrogen-bond donors (Lipinski definition) is 0. The van der Waals surface area contributed by atoms with Gasteiger partial charge in [-0.3, -0.25) is 4.57 Å². The number of halogens is 1. The van der Waals surface area contributed by atoms with E-state index in [1.54, 1.807) is 40.1 Å². The molecule has 3 heterocycles. The third-order valence-electron chi connectivity index (χ3n) is 5.45. The van der Waals surface area contributed by atoms with Gasteiger partial charge in [0, 0.05) is 43.8 Å². The fraction of sp³-hybridized carbons (Fsp3) is 0.391. The summed E-state index contributed by atoms with van der Waals surface area (Å²) in [4.78, 5) is 18.0. The van der Waals surface area contributed by atoms with Gasteiger partial charge in [0.2, 0.25) is 0 Å². The summed E-state index contributed by atoms with van der Waals surface area (Å²) in [6, 6.07) is 7.60. The van der Waals surface area contributed by atoms with E-state index in [4.69, 9.17) is 9.47 Å². The first kappa shape index (κ1) is 23.0. The van der Waals surface area contributed by atoms with E-state index in [2.05, 4.69) is 4.98 Å². The number of carbonyl (C=O) groups excluding carboxylic acids is 1. The van der Waals surface area contributed by atoms with Crippen molar-refractivity contribution in [2.75, 3.05) is 19.3 Å². The fourth-order valence-electron chi connectivity index (χ4n) is 3.82. The summed E-state index contributed by atoms with van der Waals surface area (Å²) in [5, 5.41) is 0.473. The second-order valence-corrected chi connectivity index (χ2v) is 10.4. The normalized spacial score (nSPS) is 15.2. The van der Waals surface area contributed by atoms with Gasteiger partial charge in [-0.15, -0.1) is 0 Å². The number of aromatic nitrogens is 2. The number of benzene rings is 1. The maximum absolute atomic E-state index is 14.7. The molecule has 0 saturated carbocycles. The van der Waals surface area contributed by atoms with Crippen molar-refractivity contribution in [3.8, 4) is 11.6 Å². The number of ether oxygens (including phenoxy) is 2. The molecule has 1 aliphatic rings. The largest absolute Gasteiger partial charge is 0.489 e. The Hall–Kier alpha value is -3.14. The lowest BCUT2D eigenvalue weighted by Gasteiger charge is -2.31. The average molecular weight is 476 g/mol. The number of amides is 1. The van der Waals surface area contributed by atoms with Crippen LogP contribution < -0.4 is 4.74 Å². The number of rotatable bonds is 5. The highest BCUT2D eigenvalue weighted by Gasteiger charge is 2.25. The molecule has 0 unspecified atom stereocenters. The maximum atomic E-state index is 14.7. The van der Waals surface area contributed by atoms with Gasteiger partial charge in [0.1, 0.15) is 23.5 Å². The Balaban J connectivity index is 1.44. The maximum Gasteiger partial charge on any atom is 0.410 e. The van der Waals surface area contributed by atoms with Crippen LogP contribution in [0.2, 0.25) is 0 Å². The van der Waals surface area contributed by atoms with Gasteiger partial charge < -0.3 is 14.4 Å². The molecule has 1 amide bonds. The van der Waals surface area contributed by atoms with Crippen molar-refractivity contribution >= 4 is 26.8 Å². The Bertz CT molecular complexity index is 1260. The van der Waals surface area contributed by atoms with Crippen LogP contribution in [0.1, 0.15) is 26.7 Å². The van der Waals surface area contributed by atoms with E-state index >= 15 is 0 Å². The lowest BCUT2D eigenvalue weighted by atomic mass is 10.1. The molecule has 2 aromatic heterocycles. The SMILES string of the molecule is CC(C)OC(=O)N1CCC(Oc2ccc(-n3ccc4cc(S(C)(=O)=O)cc(F)c43)nc2)CC1. The van der Waals surface area contributed by atoms with Gasteiger partial charge >= 0.3 is 6.09 Å². The molecule has 0 bridgehead atoms. The molecule has 33 heavy (non-hydrogen) atoms. The number of hydrogen-bond acceptors (Lipinski definition) is 6. The number of nitrogens with zero attached hydrogens (tertiary/aromatic N) is 3. The predicted molar refractivity (Wildman–Crippen MR) is 121 cm³/mol. The average Bonchev–Trinajstić information content (AvgIpc) is 3.18. The van der Waals surface area contributed by atoms with E-state index in [-0.39, 0.29) is 28.7 Å². The third kappa shape index (κ3) is 5.11. The van der Waals surface area contributed by atoms with Crippen molar-refractivity contribution in [2.24, 2.45) is 0 Å². The Morgan fingerprint density at radius 2 is 1.91 bits per heavy atom. The third-order valence-corrected chi connectivity index (χ3v) is 6.54. The standard InChI is InChI=1S/C23H26FN3O5S/c1-15(2)31-23(28)26-9-7-17(8-10-26)32-18-4-5-21(25-14-18)27-11-6-16-12-19(33(3,29)30)13-20(24)22(16)27/h4-6,11-15,17H,7-10H2,1-3H3. The number of carbonyl (C=O) groups is 1. The first-order valence-corrected chi connectivity index (χ1v) is 12.6. The molecule has 10 heteroatoms. The topological polar surface area (TPSA) is 90.7 Å². The summed E-state index contributed by atoms with van der Waals surface area (Å²) in [6.07, 6.45) is 5.15. The Morgan fingerprint density at radius 1 is 1.18 bits per heavy atom. The van der Waals surface area contributed by atoms with E-state index < -0.39 is 15.7 Å². The van der Waals surface area contributed by atoms with Gasteiger partial charge in [0.25, 0.3) is 0 Å². The first-order chi connectivity index (χ1) is 15.6. The molecule has 0 aliphatic carbocycles. The van der Waals surface area contributed by atoms with E-state index in [1.807, 2.05) is 13.8 Å². The molecular weight excluding hydrogens is 449 g/mol. The Labute approximate surface area is 191 Å². The van der Waals surface area contributed by atoms with Gasteiger partial charge in [-0.2, -0.15) is 0 Å². The smallest absolute Gasteiger partial charge is 0.410 e. The fourth-order valence-corrected chi connectivity index (χ4v) is 4.48. The Morgan fingerprint density at radius 3 is 2.52 bits per heavy atom. The number of piperidine rings is 1. The van der Waals surface area contributed by atoms with E-state index in [1.165, 1.54) is 6.07 Å². The molecule has 0 radical (unpaired) electrons. The molecule has 0 atom stereocenters. The zero-order valence-electron chi connectivity index (χ0n) is 18.7. The summed E-state index contributed by atoms with van der Waals surface area (Å²) in [6.45, 7) is 4.77. The molecule has 4 rings (SSSR count). The molecule has 0 N–H and O–H groups in total. The van der Waals surface area contributed by atoms with Crippen LogP contribution in [-0.4, -0.2) is 60.5 Å². The molecule has 3 aromatic rings. The minimum absolute atomic E-state index is 0.0417. The van der Waals surface area contributed by atoms with Crippen molar-refractivity contribution in [3.63, 3.8) is 0 Å². The van der Waals surface area contributed by atoms with Crippen LogP contribution in [0.25, 0.3) is 16.7 Å². The molecule has 1 aromatic carbocycles. The number of likely N-dealkylation sites (tertiary alicyclic amines) is 1. The summed E-state index contributed by atoms with van der Waals surface area (Å²) in [7, 11) is -3.52. The monoisotopic (exact) mass is 475 g/mol. The lowest BCUT2D eigenvalue weighted by Crippen LogP contribution is -2.42. The molecule has 1 fully saturated rings. The van der Waals surface area contributed by atoms with Crippen molar-refractivity contribution in [2.45, 2.75) is 43.8 Å². The van der Waals surface area contributed by atoms with Crippen LogP contribution in [0.5, 0.6) is 5.75 Å². The first-order valence-electron chi connectivity index (χ1n) is 10.7. The highest BCUT2D eigenvalue weighted by Crippen LogP contribution is 2.27. The molecule has 0 spiro atoms. The molecule has 1 saturated heterocycles. The highest BCUT2D eigenvalue weighted by atomic mass is 32.2. The molecule has 176 valence electrons. The molecule has 8 nitrogen and oxygen atoms in total. The van der Waals surface area contributed by atoms with E-state index in [0.29, 0.717) is 42.9 Å². The molecule has 1 aliphatic heterocycles. The highest BCUT2D eigenvalue weighted by molar-refractivity contribution is 7.90. The van der Waals surface area contributed by atoms with Gasteiger partial charge in [-0.25, -0.2) is 22.6 Å². The summed E-state index contributed by atoms with van der Waals surface area (Å²) >= 11 is 0. The van der Waals surface area contributed by atoms with Crippen LogP contribution in [0.3, 0.4) is 0 Å². The quantitative estimate of drug-likeness (QED) is 0.555. The van der Waals surface area contributed by atoms with Gasteiger partial charge in [0.15, 0.2) is 9.84 Å². The second kappa shape index (κ2) is 9.01. The van der Waals surface area contributed by atoms with Crippen LogP contribution in [0, 0.1) is 5.82 Å². The number of pyridine rings is 1. The van der Waals surface area contributed by atoms with E-state index in [9.17, 15) is 17.6 Å². The van der Waals surface area contributed by atoms with Crippen molar-refractivity contribution in [1.29, 1.82) is 0 Å². The van der Waals surface area contributed by atoms with Crippen LogP contribution in [-0.2, 0) is 14.6 Å². The van der Waals surface area contributed by atoms with Crippen molar-refractivity contribution in [3.05, 3.63) is 48.5 Å². The van der Waals surface area contributed by atoms with Crippen LogP contribution in [0.4, 0.5) is 9.18 Å². The van der Waals surface area contributed by atoms with Gasteiger partial charge in [-0.1, -0.05) is 0 Å². The van der Waals surface area contributed by atoms with Gasteiger partial charge in [-0.05, 0) is 44.2 Å². The van der Waals surface area contributed by atoms with E-state index in [0.717, 1.165) is 12.3 Å². The lowest BCUT2D eigenvalue weighted by molar-refractivity contribution is 0.0516. The van der Waals surface area contributed by atoms with Crippen LogP contribution >= 0.6 is 0 Å². The predicted octanol–water partition coefficient (Wildman–Crippen LogP) is 3.96. The Kier molecular flexibility index (Phi) is 6.29. The minimum atomic E-state index is -3.52. The zero-order valence-corrected chi connectivity index (χ0v) is 19.5. The van der Waals surface area contributed by atoms with Crippen molar-refractivity contribution < 1.29 is 27.1 Å². The zero-order chi connectivity index (χ0) is 23.8. The summed E-state index contributed by atoms with van der Waals surface area (Å²) in [5.41, 5.74) is 0.254. The molecular formula is C23H26FN3O5S. The number of sulfone groups is 1. The minimum Gasteiger partial charge on any atom is -0.489 e. The van der Waals surface area contributed by atoms with Crippen molar-refractivity contribution in [1.82, 2.24) is 14.5 Å².